The van der Waals surface area contributed by atoms with Crippen LogP contribution in [0.4, 0.5) is 0 Å². The number of amides is 1. The van der Waals surface area contributed by atoms with Crippen LogP contribution in [-0.2, 0) is 0 Å². The minimum atomic E-state index is -0.0857. The number of nitrogens with one attached hydrogen (secondary N) is 1. The van der Waals surface area contributed by atoms with Crippen molar-refractivity contribution in [3.8, 4) is 11.3 Å². The Bertz CT molecular complexity index is 910. The zero-order chi connectivity index (χ0) is 18.7. The fourth-order valence-corrected chi connectivity index (χ4v) is 2.96. The Labute approximate surface area is 154 Å². The molecule has 0 aliphatic carbocycles. The number of aryl methyl sites for hydroxylation is 2. The summed E-state index contributed by atoms with van der Waals surface area (Å²) in [7, 11) is 4.06. The largest absolute Gasteiger partial charge is 0.351 e. The highest BCUT2D eigenvalue weighted by Crippen LogP contribution is 2.25. The van der Waals surface area contributed by atoms with Crippen LogP contribution in [0.3, 0.4) is 0 Å². The number of pyridine rings is 1. The van der Waals surface area contributed by atoms with Crippen molar-refractivity contribution in [1.29, 1.82) is 0 Å². The van der Waals surface area contributed by atoms with Crippen molar-refractivity contribution in [2.45, 2.75) is 20.3 Å². The third-order valence-electron chi connectivity index (χ3n) is 4.37. The predicted molar refractivity (Wildman–Crippen MR) is 106 cm³/mol. The van der Waals surface area contributed by atoms with Crippen molar-refractivity contribution in [2.24, 2.45) is 0 Å². The lowest BCUT2D eigenvalue weighted by Gasteiger charge is -2.11. The van der Waals surface area contributed by atoms with Crippen LogP contribution in [0.2, 0.25) is 0 Å². The second-order valence-electron chi connectivity index (χ2n) is 7.02. The van der Waals surface area contributed by atoms with Crippen molar-refractivity contribution in [3.63, 3.8) is 0 Å². The van der Waals surface area contributed by atoms with E-state index in [1.54, 1.807) is 0 Å². The molecule has 2 heterocycles. The molecular formula is C21H26N4O. The summed E-state index contributed by atoms with van der Waals surface area (Å²) in [6.45, 7) is 5.65. The molecule has 1 amide bonds. The minimum Gasteiger partial charge on any atom is -0.351 e. The molecule has 1 aromatic carbocycles. The Morgan fingerprint density at radius 2 is 1.77 bits per heavy atom. The highest BCUT2D eigenvalue weighted by Gasteiger charge is 2.20. The second kappa shape index (κ2) is 7.70. The van der Waals surface area contributed by atoms with Crippen LogP contribution in [0.5, 0.6) is 0 Å². The van der Waals surface area contributed by atoms with Gasteiger partial charge in [0.1, 0.15) is 17.0 Å². The molecule has 0 unspecified atom stereocenters. The molecule has 0 aliphatic heterocycles. The first-order chi connectivity index (χ1) is 12.5. The summed E-state index contributed by atoms with van der Waals surface area (Å²) in [4.78, 5) is 19.8. The minimum absolute atomic E-state index is 0.0857. The van der Waals surface area contributed by atoms with Crippen LogP contribution in [0.25, 0.3) is 16.9 Å². The third kappa shape index (κ3) is 3.94. The average molecular weight is 350 g/mol. The van der Waals surface area contributed by atoms with Gasteiger partial charge in [0.25, 0.3) is 5.91 Å². The normalized spacial score (nSPS) is 11.3. The molecule has 0 fully saturated rings. The van der Waals surface area contributed by atoms with Gasteiger partial charge in [-0.2, -0.15) is 0 Å². The molecule has 5 heteroatoms. The number of fused-ring (bicyclic) bond motifs is 1. The van der Waals surface area contributed by atoms with Gasteiger partial charge < -0.3 is 10.2 Å². The Morgan fingerprint density at radius 1 is 1.08 bits per heavy atom. The summed E-state index contributed by atoms with van der Waals surface area (Å²) < 4.78 is 1.89. The van der Waals surface area contributed by atoms with Gasteiger partial charge in [-0.3, -0.25) is 9.20 Å². The zero-order valence-electron chi connectivity index (χ0n) is 15.9. The first-order valence-electron chi connectivity index (χ1n) is 8.94. The smallest absolute Gasteiger partial charge is 0.270 e. The second-order valence-corrected chi connectivity index (χ2v) is 7.02. The summed E-state index contributed by atoms with van der Waals surface area (Å²) in [5.41, 5.74) is 5.33. The van der Waals surface area contributed by atoms with Gasteiger partial charge in [0.15, 0.2) is 0 Å². The molecule has 0 spiro atoms. The van der Waals surface area contributed by atoms with E-state index in [1.165, 1.54) is 5.56 Å². The summed E-state index contributed by atoms with van der Waals surface area (Å²) in [5.74, 6) is -0.0857. The zero-order valence-corrected chi connectivity index (χ0v) is 15.9. The maximum Gasteiger partial charge on any atom is 0.270 e. The summed E-state index contributed by atoms with van der Waals surface area (Å²) in [5, 5.41) is 3.05. The van der Waals surface area contributed by atoms with Crippen LogP contribution in [0.1, 0.15) is 28.0 Å². The fourth-order valence-electron chi connectivity index (χ4n) is 2.96. The maximum absolute atomic E-state index is 13.0. The lowest BCUT2D eigenvalue weighted by Crippen LogP contribution is -2.28. The number of hydrogen-bond donors (Lipinski definition) is 1. The van der Waals surface area contributed by atoms with Gasteiger partial charge >= 0.3 is 0 Å². The standard InChI is InChI=1S/C21H26N4O/c1-15-6-9-17(10-7-15)19-20(21(26)22-12-5-13-24(3)4)25-14-16(2)8-11-18(25)23-19/h6-11,14H,5,12-13H2,1-4H3,(H,22,26). The van der Waals surface area contributed by atoms with Crippen molar-refractivity contribution in [2.75, 3.05) is 27.2 Å². The summed E-state index contributed by atoms with van der Waals surface area (Å²) in [6, 6.07) is 12.1. The lowest BCUT2D eigenvalue weighted by atomic mass is 10.1. The Balaban J connectivity index is 1.97. The molecule has 0 radical (unpaired) electrons. The van der Waals surface area contributed by atoms with Gasteiger partial charge in [-0.15, -0.1) is 0 Å². The number of aromatic nitrogens is 2. The maximum atomic E-state index is 13.0. The van der Waals surface area contributed by atoms with Crippen LogP contribution in [0, 0.1) is 13.8 Å². The van der Waals surface area contributed by atoms with Crippen molar-refractivity contribution >= 4 is 11.6 Å². The first kappa shape index (κ1) is 18.1. The van der Waals surface area contributed by atoms with E-state index in [0.29, 0.717) is 12.2 Å². The van der Waals surface area contributed by atoms with E-state index in [4.69, 9.17) is 4.98 Å². The molecule has 0 saturated carbocycles. The Kier molecular flexibility index (Phi) is 5.38. The number of carbonyl (C=O) groups excluding carboxylic acids is 1. The predicted octanol–water partition coefficient (Wildman–Crippen LogP) is 3.30. The van der Waals surface area contributed by atoms with Crippen LogP contribution in [-0.4, -0.2) is 47.4 Å². The van der Waals surface area contributed by atoms with Gasteiger partial charge in [0, 0.05) is 18.3 Å². The molecule has 3 aromatic rings. The number of benzene rings is 1. The van der Waals surface area contributed by atoms with E-state index in [0.717, 1.165) is 35.4 Å². The van der Waals surface area contributed by atoms with Crippen LogP contribution < -0.4 is 5.32 Å². The average Bonchev–Trinajstić information content (AvgIpc) is 2.97. The number of carbonyl (C=O) groups is 1. The van der Waals surface area contributed by atoms with Crippen molar-refractivity contribution in [1.82, 2.24) is 19.6 Å². The first-order valence-corrected chi connectivity index (χ1v) is 8.94. The number of imidazole rings is 1. The molecule has 5 nitrogen and oxygen atoms in total. The van der Waals surface area contributed by atoms with E-state index in [1.807, 2.05) is 68.0 Å². The topological polar surface area (TPSA) is 49.6 Å². The molecule has 0 aliphatic rings. The summed E-state index contributed by atoms with van der Waals surface area (Å²) >= 11 is 0. The van der Waals surface area contributed by atoms with Gasteiger partial charge in [0.2, 0.25) is 0 Å². The lowest BCUT2D eigenvalue weighted by molar-refractivity contribution is 0.0947. The van der Waals surface area contributed by atoms with Crippen LogP contribution in [0.15, 0.2) is 42.6 Å². The van der Waals surface area contributed by atoms with Gasteiger partial charge in [0.05, 0.1) is 0 Å². The monoisotopic (exact) mass is 350 g/mol. The molecular weight excluding hydrogens is 324 g/mol. The number of hydrogen-bond acceptors (Lipinski definition) is 3. The van der Waals surface area contributed by atoms with Crippen molar-refractivity contribution < 1.29 is 4.79 Å². The van der Waals surface area contributed by atoms with E-state index in [9.17, 15) is 4.79 Å². The number of nitrogens with zero attached hydrogens (tertiary/aromatic N) is 3. The highest BCUT2D eigenvalue weighted by atomic mass is 16.1. The van der Waals surface area contributed by atoms with Gasteiger partial charge in [-0.25, -0.2) is 4.98 Å². The Morgan fingerprint density at radius 3 is 2.46 bits per heavy atom. The fraction of sp³-hybridized carbons (Fsp3) is 0.333. The molecule has 136 valence electrons. The van der Waals surface area contributed by atoms with E-state index in [2.05, 4.69) is 17.1 Å². The third-order valence-corrected chi connectivity index (χ3v) is 4.37. The Hall–Kier alpha value is -2.66. The van der Waals surface area contributed by atoms with E-state index >= 15 is 0 Å². The van der Waals surface area contributed by atoms with Gasteiger partial charge in [-0.1, -0.05) is 35.9 Å². The molecule has 2 aromatic heterocycles. The number of rotatable bonds is 6. The van der Waals surface area contributed by atoms with E-state index < -0.39 is 0 Å². The van der Waals surface area contributed by atoms with E-state index in [-0.39, 0.29) is 5.91 Å². The molecule has 1 N–H and O–H groups in total. The SMILES string of the molecule is Cc1ccc(-c2nc3ccc(C)cn3c2C(=O)NCCCN(C)C)cc1. The summed E-state index contributed by atoms with van der Waals surface area (Å²) in [6.07, 6.45) is 2.88. The van der Waals surface area contributed by atoms with Crippen LogP contribution >= 0.6 is 0 Å². The molecule has 0 bridgehead atoms. The highest BCUT2D eigenvalue weighted by molar-refractivity contribution is 5.99. The van der Waals surface area contributed by atoms with Gasteiger partial charge in [-0.05, 0) is 52.5 Å². The molecule has 0 saturated heterocycles. The quantitative estimate of drug-likeness (QED) is 0.694. The van der Waals surface area contributed by atoms with Crippen molar-refractivity contribution in [3.05, 3.63) is 59.4 Å². The molecule has 3 rings (SSSR count). The molecule has 0 atom stereocenters. The molecule has 26 heavy (non-hydrogen) atoms.